The molecule has 0 N–H and O–H groups in total. The Morgan fingerprint density at radius 1 is 1.24 bits per heavy atom. The van der Waals surface area contributed by atoms with E-state index in [1.54, 1.807) is 13.0 Å². The van der Waals surface area contributed by atoms with Gasteiger partial charge in [-0.25, -0.2) is 4.99 Å². The van der Waals surface area contributed by atoms with E-state index in [9.17, 15) is 18.0 Å². The lowest BCUT2D eigenvalue weighted by Crippen LogP contribution is -2.19. The lowest BCUT2D eigenvalue weighted by Gasteiger charge is -2.17. The van der Waals surface area contributed by atoms with Crippen molar-refractivity contribution in [3.8, 4) is 0 Å². The fourth-order valence-corrected chi connectivity index (χ4v) is 2.81. The molecule has 0 radical (unpaired) electrons. The molecule has 0 amide bonds. The molecule has 1 aliphatic carbocycles. The van der Waals surface area contributed by atoms with Crippen molar-refractivity contribution in [2.45, 2.75) is 59.6 Å². The Bertz CT molecular complexity index is 675. The van der Waals surface area contributed by atoms with Gasteiger partial charge in [-0.05, 0) is 63.7 Å². The van der Waals surface area contributed by atoms with E-state index in [2.05, 4.69) is 4.99 Å². The van der Waals surface area contributed by atoms with Crippen LogP contribution in [-0.4, -0.2) is 17.7 Å². The summed E-state index contributed by atoms with van der Waals surface area (Å²) >= 11 is 5.79. The summed E-state index contributed by atoms with van der Waals surface area (Å²) in [6.07, 6.45) is 3.84. The smallest absolute Gasteiger partial charge is 0.293 e. The van der Waals surface area contributed by atoms with Crippen molar-refractivity contribution in [2.75, 3.05) is 0 Å². The molecular formula is C19H23ClF3NO. The van der Waals surface area contributed by atoms with Crippen LogP contribution in [0.25, 0.3) is 0 Å². The molecule has 0 atom stereocenters. The van der Waals surface area contributed by atoms with E-state index >= 15 is 0 Å². The molecule has 1 rings (SSSR count). The summed E-state index contributed by atoms with van der Waals surface area (Å²) in [6, 6.07) is 0. The molecule has 0 aromatic rings. The first-order valence-corrected chi connectivity index (χ1v) is 8.53. The molecule has 25 heavy (non-hydrogen) atoms. The number of allylic oxidation sites excluding steroid dienone is 8. The number of hydrogen-bond acceptors (Lipinski definition) is 2. The standard InChI is InChI=1S/C19H23ClF3NO/c1-5-15(16-9-7-6-8-10-16)11-17(19(21,22)23)13(3)24-18(12(2)20)14(4)25/h5,9,11H,6-8,10H2,1-4H3/b15-5+,17-11+,18-12+,24-13+. The maximum atomic E-state index is 13.6. The van der Waals surface area contributed by atoms with Gasteiger partial charge in [0, 0.05) is 12.0 Å². The monoisotopic (exact) mass is 373 g/mol. The second-order valence-corrected chi connectivity index (χ2v) is 6.48. The van der Waals surface area contributed by atoms with E-state index < -0.39 is 17.5 Å². The number of halogens is 4. The molecule has 0 bridgehead atoms. The summed E-state index contributed by atoms with van der Waals surface area (Å²) in [5, 5.41) is 0.0645. The van der Waals surface area contributed by atoms with Gasteiger partial charge in [-0.15, -0.1) is 0 Å². The van der Waals surface area contributed by atoms with Gasteiger partial charge in [-0.1, -0.05) is 23.8 Å². The van der Waals surface area contributed by atoms with Crippen molar-refractivity contribution >= 4 is 23.1 Å². The number of ketones is 1. The number of carbonyl (C=O) groups is 1. The van der Waals surface area contributed by atoms with Crippen LogP contribution in [0.15, 0.2) is 50.7 Å². The number of Topliss-reactive ketones (excluding diaryl/α,β-unsaturated/α-hetero) is 1. The van der Waals surface area contributed by atoms with E-state index in [0.717, 1.165) is 37.3 Å². The van der Waals surface area contributed by atoms with Gasteiger partial charge in [0.05, 0.1) is 11.3 Å². The predicted molar refractivity (Wildman–Crippen MR) is 96.8 cm³/mol. The molecule has 0 spiro atoms. The third-order valence-electron chi connectivity index (χ3n) is 3.91. The van der Waals surface area contributed by atoms with Crippen LogP contribution in [0.1, 0.15) is 53.4 Å². The first-order chi connectivity index (χ1) is 11.6. The van der Waals surface area contributed by atoms with Gasteiger partial charge in [0.15, 0.2) is 5.78 Å². The van der Waals surface area contributed by atoms with Crippen LogP contribution in [-0.2, 0) is 4.79 Å². The molecule has 138 valence electrons. The Morgan fingerprint density at radius 3 is 2.28 bits per heavy atom. The molecule has 2 nitrogen and oxygen atoms in total. The van der Waals surface area contributed by atoms with Crippen LogP contribution < -0.4 is 0 Å². The highest BCUT2D eigenvalue weighted by molar-refractivity contribution is 6.31. The maximum Gasteiger partial charge on any atom is 0.418 e. The average molecular weight is 374 g/mol. The Balaban J connectivity index is 3.41. The topological polar surface area (TPSA) is 29.4 Å². The Morgan fingerprint density at radius 2 is 1.88 bits per heavy atom. The van der Waals surface area contributed by atoms with Crippen molar-refractivity contribution in [3.63, 3.8) is 0 Å². The third-order valence-corrected chi connectivity index (χ3v) is 4.09. The third kappa shape index (κ3) is 6.31. The van der Waals surface area contributed by atoms with E-state index in [1.807, 2.05) is 6.08 Å². The average Bonchev–Trinajstić information content (AvgIpc) is 2.52. The first kappa shape index (κ1) is 21.4. The van der Waals surface area contributed by atoms with Gasteiger partial charge in [0.1, 0.15) is 5.70 Å². The summed E-state index contributed by atoms with van der Waals surface area (Å²) < 4.78 is 40.7. The van der Waals surface area contributed by atoms with Gasteiger partial charge in [0.25, 0.3) is 0 Å². The molecule has 0 aliphatic heterocycles. The summed E-state index contributed by atoms with van der Waals surface area (Å²) in [5.41, 5.74) is 0.141. The molecule has 6 heteroatoms. The van der Waals surface area contributed by atoms with Crippen LogP contribution in [0.3, 0.4) is 0 Å². The molecule has 0 aromatic heterocycles. The SMILES string of the molecule is C\C=C(/C=C(\C(C)=N\C(C(C)=O)=C(/C)Cl)C(F)(F)F)C1=CCCCC1. The number of hydrogen-bond donors (Lipinski definition) is 0. The zero-order valence-corrected chi connectivity index (χ0v) is 15.7. The van der Waals surface area contributed by atoms with E-state index in [1.165, 1.54) is 20.8 Å². The Hall–Kier alpha value is -1.62. The van der Waals surface area contributed by atoms with Gasteiger partial charge in [-0.3, -0.25) is 4.79 Å². The largest absolute Gasteiger partial charge is 0.418 e. The zero-order valence-electron chi connectivity index (χ0n) is 14.9. The minimum atomic E-state index is -4.58. The lowest BCUT2D eigenvalue weighted by atomic mass is 9.91. The summed E-state index contributed by atoms with van der Waals surface area (Å²) in [4.78, 5) is 15.4. The van der Waals surface area contributed by atoms with Crippen molar-refractivity contribution in [1.82, 2.24) is 0 Å². The van der Waals surface area contributed by atoms with Crippen molar-refractivity contribution < 1.29 is 18.0 Å². The fourth-order valence-electron chi connectivity index (χ4n) is 2.63. The van der Waals surface area contributed by atoms with E-state index in [0.29, 0.717) is 5.57 Å². The molecular weight excluding hydrogens is 351 g/mol. The van der Waals surface area contributed by atoms with E-state index in [-0.39, 0.29) is 16.4 Å². The molecule has 0 unspecified atom stereocenters. The number of carbonyl (C=O) groups excluding carboxylic acids is 1. The van der Waals surface area contributed by atoms with Crippen LogP contribution in [0.4, 0.5) is 13.2 Å². The van der Waals surface area contributed by atoms with Crippen molar-refractivity contribution in [3.05, 3.63) is 45.7 Å². The van der Waals surface area contributed by atoms with Crippen LogP contribution >= 0.6 is 11.6 Å². The van der Waals surface area contributed by atoms with Crippen LogP contribution in [0.2, 0.25) is 0 Å². The number of alkyl halides is 3. The number of aliphatic imine (C=N–C) groups is 1. The lowest BCUT2D eigenvalue weighted by molar-refractivity contribution is -0.113. The molecule has 0 heterocycles. The first-order valence-electron chi connectivity index (χ1n) is 8.15. The molecule has 0 fully saturated rings. The van der Waals surface area contributed by atoms with Gasteiger partial charge >= 0.3 is 6.18 Å². The van der Waals surface area contributed by atoms with Crippen molar-refractivity contribution in [1.29, 1.82) is 0 Å². The van der Waals surface area contributed by atoms with Gasteiger partial charge in [0.2, 0.25) is 0 Å². The van der Waals surface area contributed by atoms with E-state index in [4.69, 9.17) is 11.6 Å². The summed E-state index contributed by atoms with van der Waals surface area (Å²) in [6.45, 7) is 5.60. The molecule has 0 saturated carbocycles. The number of rotatable bonds is 5. The second-order valence-electron chi connectivity index (χ2n) is 5.91. The highest BCUT2D eigenvalue weighted by Gasteiger charge is 2.36. The van der Waals surface area contributed by atoms with Crippen LogP contribution in [0, 0.1) is 0 Å². The molecule has 1 aliphatic rings. The minimum absolute atomic E-state index is 0.0645. The van der Waals surface area contributed by atoms with Crippen LogP contribution in [0.5, 0.6) is 0 Å². The normalized spacial score (nSPS) is 18.7. The second kappa shape index (κ2) is 9.18. The highest BCUT2D eigenvalue weighted by Crippen LogP contribution is 2.32. The van der Waals surface area contributed by atoms with Crippen molar-refractivity contribution in [2.24, 2.45) is 4.99 Å². The van der Waals surface area contributed by atoms with Gasteiger partial charge < -0.3 is 0 Å². The summed E-state index contributed by atoms with van der Waals surface area (Å²) in [5.74, 6) is -0.477. The quantitative estimate of drug-likeness (QED) is 0.309. The Kier molecular flexibility index (Phi) is 7.87. The Labute approximate surface area is 151 Å². The summed E-state index contributed by atoms with van der Waals surface area (Å²) in [7, 11) is 0. The molecule has 0 aromatic carbocycles. The predicted octanol–water partition coefficient (Wildman–Crippen LogP) is 6.44. The number of nitrogens with zero attached hydrogens (tertiary/aromatic N) is 1. The zero-order chi connectivity index (χ0) is 19.2. The highest BCUT2D eigenvalue weighted by atomic mass is 35.5. The maximum absolute atomic E-state index is 13.6. The minimum Gasteiger partial charge on any atom is -0.293 e. The fraction of sp³-hybridized carbons (Fsp3) is 0.474. The van der Waals surface area contributed by atoms with Gasteiger partial charge in [-0.2, -0.15) is 13.2 Å². The molecule has 0 saturated heterocycles.